The summed E-state index contributed by atoms with van der Waals surface area (Å²) < 4.78 is 5.33. The van der Waals surface area contributed by atoms with Gasteiger partial charge in [-0.2, -0.15) is 0 Å². The molecule has 1 unspecified atom stereocenters. The third kappa shape index (κ3) is 3.01. The second-order valence-electron chi connectivity index (χ2n) is 4.99. The predicted molar refractivity (Wildman–Crippen MR) is 71.6 cm³/mol. The molecule has 0 bridgehead atoms. The van der Waals surface area contributed by atoms with E-state index in [0.717, 1.165) is 18.2 Å². The minimum Gasteiger partial charge on any atom is -0.497 e. The number of benzene rings is 1. The first-order chi connectivity index (χ1) is 8.35. The SMILES string of the molecule is CNCC(c1cccc(OC)c1)C1CCCC1. The minimum atomic E-state index is 0.637. The highest BCUT2D eigenvalue weighted by atomic mass is 16.5. The van der Waals surface area contributed by atoms with Crippen LogP contribution < -0.4 is 10.1 Å². The van der Waals surface area contributed by atoms with E-state index in [-0.39, 0.29) is 0 Å². The number of nitrogens with one attached hydrogen (secondary N) is 1. The molecule has 0 radical (unpaired) electrons. The maximum Gasteiger partial charge on any atom is 0.119 e. The van der Waals surface area contributed by atoms with Crippen molar-refractivity contribution in [3.8, 4) is 5.75 Å². The average Bonchev–Trinajstić information content (AvgIpc) is 2.89. The van der Waals surface area contributed by atoms with E-state index in [4.69, 9.17) is 4.74 Å². The fourth-order valence-electron chi connectivity index (χ4n) is 3.01. The van der Waals surface area contributed by atoms with Crippen molar-refractivity contribution in [1.29, 1.82) is 0 Å². The maximum absolute atomic E-state index is 5.33. The highest BCUT2D eigenvalue weighted by molar-refractivity contribution is 5.31. The Hall–Kier alpha value is -1.02. The molecule has 1 N–H and O–H groups in total. The summed E-state index contributed by atoms with van der Waals surface area (Å²) in [4.78, 5) is 0. The summed E-state index contributed by atoms with van der Waals surface area (Å²) in [5, 5.41) is 3.34. The monoisotopic (exact) mass is 233 g/mol. The predicted octanol–water partition coefficient (Wildman–Crippen LogP) is 3.19. The maximum atomic E-state index is 5.33. The van der Waals surface area contributed by atoms with Crippen molar-refractivity contribution < 1.29 is 4.74 Å². The van der Waals surface area contributed by atoms with Gasteiger partial charge in [0.2, 0.25) is 0 Å². The summed E-state index contributed by atoms with van der Waals surface area (Å²) in [7, 11) is 3.78. The van der Waals surface area contributed by atoms with Crippen LogP contribution in [0.5, 0.6) is 5.75 Å². The lowest BCUT2D eigenvalue weighted by Crippen LogP contribution is -2.22. The van der Waals surface area contributed by atoms with Crippen molar-refractivity contribution in [3.05, 3.63) is 29.8 Å². The molecule has 1 aromatic carbocycles. The van der Waals surface area contributed by atoms with E-state index >= 15 is 0 Å². The fraction of sp³-hybridized carbons (Fsp3) is 0.600. The van der Waals surface area contributed by atoms with E-state index in [1.807, 2.05) is 13.1 Å². The molecular formula is C15H23NO. The molecule has 0 aliphatic heterocycles. The van der Waals surface area contributed by atoms with Crippen LogP contribution in [0.25, 0.3) is 0 Å². The van der Waals surface area contributed by atoms with Gasteiger partial charge in [0, 0.05) is 6.54 Å². The van der Waals surface area contributed by atoms with E-state index in [0.29, 0.717) is 5.92 Å². The van der Waals surface area contributed by atoms with Gasteiger partial charge in [0.1, 0.15) is 5.75 Å². The van der Waals surface area contributed by atoms with Crippen LogP contribution in [0.2, 0.25) is 0 Å². The van der Waals surface area contributed by atoms with Gasteiger partial charge in [-0.05, 0) is 49.4 Å². The van der Waals surface area contributed by atoms with Crippen molar-refractivity contribution in [3.63, 3.8) is 0 Å². The minimum absolute atomic E-state index is 0.637. The van der Waals surface area contributed by atoms with Gasteiger partial charge in [-0.25, -0.2) is 0 Å². The Kier molecular flexibility index (Phi) is 4.43. The second-order valence-corrected chi connectivity index (χ2v) is 4.99. The number of hydrogen-bond acceptors (Lipinski definition) is 2. The molecule has 17 heavy (non-hydrogen) atoms. The largest absolute Gasteiger partial charge is 0.497 e. The van der Waals surface area contributed by atoms with Gasteiger partial charge in [-0.1, -0.05) is 25.0 Å². The fourth-order valence-corrected chi connectivity index (χ4v) is 3.01. The molecule has 1 atom stereocenters. The summed E-state index contributed by atoms with van der Waals surface area (Å²) in [6.07, 6.45) is 5.55. The lowest BCUT2D eigenvalue weighted by molar-refractivity contribution is 0.404. The number of likely N-dealkylation sites (N-methyl/N-ethyl adjacent to an activating group) is 1. The number of hydrogen-bond donors (Lipinski definition) is 1. The van der Waals surface area contributed by atoms with Crippen LogP contribution in [0.15, 0.2) is 24.3 Å². The van der Waals surface area contributed by atoms with Crippen molar-refractivity contribution in [2.75, 3.05) is 20.7 Å². The van der Waals surface area contributed by atoms with Crippen LogP contribution in [0, 0.1) is 5.92 Å². The Morgan fingerprint density at radius 1 is 1.35 bits per heavy atom. The summed E-state index contributed by atoms with van der Waals surface area (Å²) in [5.41, 5.74) is 1.42. The van der Waals surface area contributed by atoms with Crippen LogP contribution >= 0.6 is 0 Å². The molecule has 2 heteroatoms. The van der Waals surface area contributed by atoms with Gasteiger partial charge in [0.15, 0.2) is 0 Å². The molecule has 0 aromatic heterocycles. The van der Waals surface area contributed by atoms with E-state index in [2.05, 4.69) is 23.5 Å². The summed E-state index contributed by atoms with van der Waals surface area (Å²) >= 11 is 0. The molecule has 1 aliphatic carbocycles. The summed E-state index contributed by atoms with van der Waals surface area (Å²) in [6.45, 7) is 1.07. The molecular weight excluding hydrogens is 210 g/mol. The zero-order valence-corrected chi connectivity index (χ0v) is 10.9. The highest BCUT2D eigenvalue weighted by Gasteiger charge is 2.25. The Bertz CT molecular complexity index is 345. The first kappa shape index (κ1) is 12.4. The highest BCUT2D eigenvalue weighted by Crippen LogP contribution is 2.37. The first-order valence-electron chi connectivity index (χ1n) is 6.63. The topological polar surface area (TPSA) is 21.3 Å². The van der Waals surface area contributed by atoms with Crippen LogP contribution in [0.1, 0.15) is 37.2 Å². The molecule has 1 aliphatic rings. The molecule has 0 heterocycles. The van der Waals surface area contributed by atoms with Crippen LogP contribution in [0.3, 0.4) is 0 Å². The molecule has 2 nitrogen and oxygen atoms in total. The molecule has 94 valence electrons. The normalized spacial score (nSPS) is 18.2. The van der Waals surface area contributed by atoms with Crippen molar-refractivity contribution >= 4 is 0 Å². The first-order valence-corrected chi connectivity index (χ1v) is 6.63. The Balaban J connectivity index is 2.18. The van der Waals surface area contributed by atoms with E-state index in [1.54, 1.807) is 7.11 Å². The van der Waals surface area contributed by atoms with Crippen LogP contribution in [-0.4, -0.2) is 20.7 Å². The average molecular weight is 233 g/mol. The van der Waals surface area contributed by atoms with Crippen molar-refractivity contribution in [1.82, 2.24) is 5.32 Å². The van der Waals surface area contributed by atoms with Crippen molar-refractivity contribution in [2.24, 2.45) is 5.92 Å². The lowest BCUT2D eigenvalue weighted by Gasteiger charge is -2.24. The van der Waals surface area contributed by atoms with E-state index in [1.165, 1.54) is 31.2 Å². The van der Waals surface area contributed by atoms with Gasteiger partial charge in [0.25, 0.3) is 0 Å². The second kappa shape index (κ2) is 6.06. The number of methoxy groups -OCH3 is 1. The van der Waals surface area contributed by atoms with Gasteiger partial charge >= 0.3 is 0 Å². The molecule has 2 rings (SSSR count). The van der Waals surface area contributed by atoms with E-state index in [9.17, 15) is 0 Å². The Labute approximate surface area is 104 Å². The summed E-state index contributed by atoms with van der Waals surface area (Å²) in [6, 6.07) is 8.56. The molecule has 0 amide bonds. The third-order valence-electron chi connectivity index (χ3n) is 3.91. The van der Waals surface area contributed by atoms with Crippen LogP contribution in [0.4, 0.5) is 0 Å². The van der Waals surface area contributed by atoms with Gasteiger partial charge in [-0.15, -0.1) is 0 Å². The molecule has 0 spiro atoms. The quantitative estimate of drug-likeness (QED) is 0.843. The Morgan fingerprint density at radius 2 is 2.12 bits per heavy atom. The number of ether oxygens (including phenoxy) is 1. The standard InChI is InChI=1S/C15H23NO/c1-16-11-15(12-6-3-4-7-12)13-8-5-9-14(10-13)17-2/h5,8-10,12,15-16H,3-4,6-7,11H2,1-2H3. The zero-order chi connectivity index (χ0) is 12.1. The van der Waals surface area contributed by atoms with E-state index < -0.39 is 0 Å². The smallest absolute Gasteiger partial charge is 0.119 e. The molecule has 0 saturated heterocycles. The Morgan fingerprint density at radius 3 is 2.76 bits per heavy atom. The van der Waals surface area contributed by atoms with Crippen molar-refractivity contribution in [2.45, 2.75) is 31.6 Å². The van der Waals surface area contributed by atoms with Crippen LogP contribution in [-0.2, 0) is 0 Å². The molecule has 1 fully saturated rings. The molecule has 1 saturated carbocycles. The summed E-state index contributed by atoms with van der Waals surface area (Å²) in [5.74, 6) is 2.45. The zero-order valence-electron chi connectivity index (χ0n) is 10.9. The van der Waals surface area contributed by atoms with Gasteiger partial charge in [-0.3, -0.25) is 0 Å². The molecule has 1 aromatic rings. The van der Waals surface area contributed by atoms with Gasteiger partial charge < -0.3 is 10.1 Å². The van der Waals surface area contributed by atoms with Gasteiger partial charge in [0.05, 0.1) is 7.11 Å². The third-order valence-corrected chi connectivity index (χ3v) is 3.91. The number of rotatable bonds is 5. The lowest BCUT2D eigenvalue weighted by atomic mass is 9.84.